The number of carbonyl (C=O) groups excluding carboxylic acids is 2. The zero-order valence-electron chi connectivity index (χ0n) is 27.5. The van der Waals surface area contributed by atoms with Gasteiger partial charge in [-0.2, -0.15) is 13.2 Å². The summed E-state index contributed by atoms with van der Waals surface area (Å²) in [6.07, 6.45) is 2.64. The molecule has 0 fully saturated rings. The van der Waals surface area contributed by atoms with Crippen LogP contribution in [0.3, 0.4) is 0 Å². The van der Waals surface area contributed by atoms with Crippen LogP contribution in [-0.2, 0) is 4.74 Å². The number of esters is 2. The zero-order chi connectivity index (χ0) is 34.2. The van der Waals surface area contributed by atoms with Gasteiger partial charge in [0.15, 0.2) is 6.10 Å². The lowest BCUT2D eigenvalue weighted by molar-refractivity contribution is -0.207. The van der Waals surface area contributed by atoms with Gasteiger partial charge >= 0.3 is 18.1 Å². The molecule has 0 bridgehead atoms. The topological polar surface area (TPSA) is 61.8 Å². The first kappa shape index (κ1) is 37.6. The summed E-state index contributed by atoms with van der Waals surface area (Å²) in [7, 11) is 0. The molecule has 0 radical (unpaired) electrons. The lowest BCUT2D eigenvalue weighted by atomic mass is 9.95. The van der Waals surface area contributed by atoms with Gasteiger partial charge in [-0.05, 0) is 72.7 Å². The number of halogens is 4. The van der Waals surface area contributed by atoms with Crippen LogP contribution in [-0.4, -0.2) is 30.8 Å². The van der Waals surface area contributed by atoms with E-state index in [1.54, 1.807) is 24.3 Å². The van der Waals surface area contributed by atoms with Gasteiger partial charge in [0, 0.05) is 6.07 Å². The van der Waals surface area contributed by atoms with Crippen LogP contribution < -0.4 is 9.47 Å². The molecular formula is C38H46F4O5. The van der Waals surface area contributed by atoms with Crippen LogP contribution in [0.25, 0.3) is 11.1 Å². The van der Waals surface area contributed by atoms with Gasteiger partial charge < -0.3 is 14.2 Å². The van der Waals surface area contributed by atoms with E-state index in [-0.39, 0.29) is 23.7 Å². The van der Waals surface area contributed by atoms with Crippen LogP contribution in [0.15, 0.2) is 66.7 Å². The third-order valence-electron chi connectivity index (χ3n) is 8.30. The van der Waals surface area contributed by atoms with Crippen LogP contribution >= 0.6 is 0 Å². The Bertz CT molecular complexity index is 1380. The molecule has 0 N–H and O–H groups in total. The second kappa shape index (κ2) is 19.1. The van der Waals surface area contributed by atoms with Gasteiger partial charge in [0.2, 0.25) is 0 Å². The standard InChI is InChI=1S/C38H46F4O5/c1-4-7-8-9-10-11-12-25-45-31-20-18-29(19-21-31)28-14-16-30(17-15-28)36(43)46-32-22-23-33(34(39)26-32)37(44)47-35(38(40,41)42)24-13-27(5-2)6-3/h14-23,26-27,35H,4-13,24-25H2,1-3H3. The summed E-state index contributed by atoms with van der Waals surface area (Å²) in [4.78, 5) is 25.2. The van der Waals surface area contributed by atoms with Crippen molar-refractivity contribution in [2.45, 2.75) is 104 Å². The molecule has 5 nitrogen and oxygen atoms in total. The van der Waals surface area contributed by atoms with E-state index in [1.807, 2.05) is 38.1 Å². The normalized spacial score (nSPS) is 12.2. The van der Waals surface area contributed by atoms with Gasteiger partial charge in [0.1, 0.15) is 17.3 Å². The maximum Gasteiger partial charge on any atom is 0.425 e. The Morgan fingerprint density at radius 3 is 1.85 bits per heavy atom. The smallest absolute Gasteiger partial charge is 0.425 e. The molecule has 0 saturated carbocycles. The van der Waals surface area contributed by atoms with Gasteiger partial charge in [0.05, 0.1) is 17.7 Å². The number of unbranched alkanes of at least 4 members (excludes halogenated alkanes) is 6. The summed E-state index contributed by atoms with van der Waals surface area (Å²) in [5, 5.41) is 0. The van der Waals surface area contributed by atoms with E-state index in [4.69, 9.17) is 9.47 Å². The fraction of sp³-hybridized carbons (Fsp3) is 0.474. The first-order chi connectivity index (χ1) is 22.5. The maximum absolute atomic E-state index is 14.8. The third kappa shape index (κ3) is 12.3. The van der Waals surface area contributed by atoms with Crippen molar-refractivity contribution in [1.82, 2.24) is 0 Å². The monoisotopic (exact) mass is 658 g/mol. The second-order valence-corrected chi connectivity index (χ2v) is 11.8. The van der Waals surface area contributed by atoms with Crippen LogP contribution in [0.1, 0.15) is 112 Å². The minimum atomic E-state index is -4.78. The third-order valence-corrected chi connectivity index (χ3v) is 8.30. The Morgan fingerprint density at radius 1 is 0.702 bits per heavy atom. The van der Waals surface area contributed by atoms with Crippen LogP contribution in [0, 0.1) is 11.7 Å². The number of benzene rings is 3. The zero-order valence-corrected chi connectivity index (χ0v) is 27.5. The largest absolute Gasteiger partial charge is 0.494 e. The lowest BCUT2D eigenvalue weighted by Gasteiger charge is -2.22. The van der Waals surface area contributed by atoms with Crippen LogP contribution in [0.5, 0.6) is 11.5 Å². The van der Waals surface area contributed by atoms with E-state index in [2.05, 4.69) is 11.7 Å². The quantitative estimate of drug-likeness (QED) is 0.0555. The highest BCUT2D eigenvalue weighted by atomic mass is 19.4. The first-order valence-electron chi connectivity index (χ1n) is 16.7. The van der Waals surface area contributed by atoms with Crippen molar-refractivity contribution < 1.29 is 41.4 Å². The van der Waals surface area contributed by atoms with Gasteiger partial charge in [-0.25, -0.2) is 14.0 Å². The molecule has 0 spiro atoms. The van der Waals surface area contributed by atoms with E-state index < -0.39 is 42.0 Å². The summed E-state index contributed by atoms with van der Waals surface area (Å²) in [5.41, 5.74) is 1.32. The molecule has 0 aliphatic rings. The number of carbonyl (C=O) groups is 2. The van der Waals surface area contributed by atoms with Crippen LogP contribution in [0.4, 0.5) is 17.6 Å². The summed E-state index contributed by atoms with van der Waals surface area (Å²) in [6, 6.07) is 17.2. The van der Waals surface area contributed by atoms with Gasteiger partial charge in [-0.15, -0.1) is 0 Å². The lowest BCUT2D eigenvalue weighted by Crippen LogP contribution is -2.34. The molecule has 0 amide bonds. The highest BCUT2D eigenvalue weighted by molar-refractivity contribution is 5.92. The van der Waals surface area contributed by atoms with E-state index in [9.17, 15) is 27.2 Å². The predicted molar refractivity (Wildman–Crippen MR) is 175 cm³/mol. The van der Waals surface area contributed by atoms with Crippen molar-refractivity contribution >= 4 is 11.9 Å². The maximum atomic E-state index is 14.8. The van der Waals surface area contributed by atoms with Crippen molar-refractivity contribution in [2.24, 2.45) is 5.92 Å². The second-order valence-electron chi connectivity index (χ2n) is 11.8. The van der Waals surface area contributed by atoms with Crippen molar-refractivity contribution in [3.8, 4) is 22.6 Å². The van der Waals surface area contributed by atoms with E-state index >= 15 is 0 Å². The number of hydrogen-bond acceptors (Lipinski definition) is 5. The molecule has 0 aliphatic heterocycles. The molecule has 0 heterocycles. The van der Waals surface area contributed by atoms with Gasteiger partial charge in [0.25, 0.3) is 0 Å². The Balaban J connectivity index is 1.52. The molecular weight excluding hydrogens is 612 g/mol. The van der Waals surface area contributed by atoms with Crippen molar-refractivity contribution in [3.63, 3.8) is 0 Å². The Morgan fingerprint density at radius 2 is 1.28 bits per heavy atom. The van der Waals surface area contributed by atoms with Gasteiger partial charge in [-0.1, -0.05) is 96.4 Å². The number of alkyl halides is 3. The summed E-state index contributed by atoms with van der Waals surface area (Å²) < 4.78 is 71.1. The molecule has 3 rings (SSSR count). The molecule has 1 unspecified atom stereocenters. The average Bonchev–Trinajstić information content (AvgIpc) is 3.05. The van der Waals surface area contributed by atoms with Gasteiger partial charge in [-0.3, -0.25) is 0 Å². The molecule has 1 atom stereocenters. The highest BCUT2D eigenvalue weighted by Crippen LogP contribution is 2.31. The van der Waals surface area contributed by atoms with Crippen LogP contribution in [0.2, 0.25) is 0 Å². The molecule has 47 heavy (non-hydrogen) atoms. The van der Waals surface area contributed by atoms with Crippen molar-refractivity contribution in [1.29, 1.82) is 0 Å². The minimum Gasteiger partial charge on any atom is -0.494 e. The number of ether oxygens (including phenoxy) is 3. The first-order valence-corrected chi connectivity index (χ1v) is 16.7. The summed E-state index contributed by atoms with van der Waals surface area (Å²) >= 11 is 0. The average molecular weight is 659 g/mol. The van der Waals surface area contributed by atoms with E-state index in [0.717, 1.165) is 47.9 Å². The molecule has 9 heteroatoms. The predicted octanol–water partition coefficient (Wildman–Crippen LogP) is 11.1. The Hall–Kier alpha value is -3.88. The molecule has 256 valence electrons. The molecule has 3 aromatic rings. The molecule has 0 saturated heterocycles. The minimum absolute atomic E-state index is 0.0660. The van der Waals surface area contributed by atoms with E-state index in [0.29, 0.717) is 19.4 Å². The molecule has 0 aromatic heterocycles. The SMILES string of the molecule is CCCCCCCCCOc1ccc(-c2ccc(C(=O)Oc3ccc(C(=O)OC(CCC(CC)CC)C(F)(F)F)c(F)c3)cc2)cc1. The number of rotatable bonds is 19. The Labute approximate surface area is 275 Å². The summed E-state index contributed by atoms with van der Waals surface area (Å²) in [5.74, 6) is -2.71. The fourth-order valence-electron chi connectivity index (χ4n) is 5.25. The molecule has 3 aromatic carbocycles. The number of hydrogen-bond donors (Lipinski definition) is 0. The Kier molecular flexibility index (Phi) is 15.2. The fourth-order valence-corrected chi connectivity index (χ4v) is 5.25. The highest BCUT2D eigenvalue weighted by Gasteiger charge is 2.43. The van der Waals surface area contributed by atoms with Crippen molar-refractivity contribution in [2.75, 3.05) is 6.61 Å². The van der Waals surface area contributed by atoms with E-state index in [1.165, 1.54) is 32.1 Å². The molecule has 0 aliphatic carbocycles. The van der Waals surface area contributed by atoms with Crippen molar-refractivity contribution in [3.05, 3.63) is 83.7 Å². The summed E-state index contributed by atoms with van der Waals surface area (Å²) in [6.45, 7) is 6.66.